The third-order valence-corrected chi connectivity index (χ3v) is 5.77. The van der Waals surface area contributed by atoms with Gasteiger partial charge in [-0.15, -0.1) is 0 Å². The van der Waals surface area contributed by atoms with Gasteiger partial charge in [-0.3, -0.25) is 14.3 Å². The molecule has 2 atom stereocenters. The summed E-state index contributed by atoms with van der Waals surface area (Å²) in [5, 5.41) is 9.20. The Balaban J connectivity index is 2.15. The van der Waals surface area contributed by atoms with E-state index < -0.39 is 22.9 Å². The molecule has 2 unspecified atom stereocenters. The Hall–Kier alpha value is -2.09. The average molecular weight is 367 g/mol. The molecule has 0 saturated heterocycles. The quantitative estimate of drug-likeness (QED) is 0.644. The molecule has 0 radical (unpaired) electrons. The van der Waals surface area contributed by atoms with Crippen LogP contribution in [0.3, 0.4) is 0 Å². The van der Waals surface area contributed by atoms with Gasteiger partial charge in [0.05, 0.1) is 35.2 Å². The summed E-state index contributed by atoms with van der Waals surface area (Å²) in [5.74, 6) is -0.151. The maximum Gasteiger partial charge on any atom is 0.245 e. The SMILES string of the molecule is COc1ccc2c(c1Cl)C(CC(=O)NO)N(c1ccccc1)S2=O. The van der Waals surface area contributed by atoms with Gasteiger partial charge in [0.2, 0.25) is 5.91 Å². The van der Waals surface area contributed by atoms with Gasteiger partial charge in [0.1, 0.15) is 5.75 Å². The monoisotopic (exact) mass is 366 g/mol. The molecule has 126 valence electrons. The summed E-state index contributed by atoms with van der Waals surface area (Å²) in [6, 6.07) is 11.8. The first-order chi connectivity index (χ1) is 11.6. The Bertz CT molecular complexity index is 800. The topological polar surface area (TPSA) is 78.9 Å². The maximum atomic E-state index is 13.0. The number of hydrogen-bond donors (Lipinski definition) is 2. The molecule has 0 fully saturated rings. The third kappa shape index (κ3) is 2.75. The van der Waals surface area contributed by atoms with Crippen molar-refractivity contribution >= 4 is 34.2 Å². The van der Waals surface area contributed by atoms with Crippen molar-refractivity contribution in [3.05, 3.63) is 53.1 Å². The zero-order valence-electron chi connectivity index (χ0n) is 12.7. The van der Waals surface area contributed by atoms with Crippen LogP contribution in [0.25, 0.3) is 0 Å². The summed E-state index contributed by atoms with van der Waals surface area (Å²) < 4.78 is 19.8. The number of ether oxygens (including phenoxy) is 1. The first-order valence-electron chi connectivity index (χ1n) is 7.14. The second kappa shape index (κ2) is 6.80. The van der Waals surface area contributed by atoms with E-state index in [-0.39, 0.29) is 6.42 Å². The zero-order chi connectivity index (χ0) is 17.3. The number of hydrogen-bond acceptors (Lipinski definition) is 4. The second-order valence-corrected chi connectivity index (χ2v) is 6.87. The molecule has 6 nitrogen and oxygen atoms in total. The van der Waals surface area contributed by atoms with Gasteiger partial charge in [0, 0.05) is 5.56 Å². The normalized spacial score (nSPS) is 19.0. The molecule has 1 aliphatic heterocycles. The van der Waals surface area contributed by atoms with Crippen LogP contribution < -0.4 is 14.5 Å². The van der Waals surface area contributed by atoms with E-state index in [4.69, 9.17) is 21.5 Å². The fourth-order valence-corrected chi connectivity index (χ4v) is 4.74. The van der Waals surface area contributed by atoms with Gasteiger partial charge >= 0.3 is 0 Å². The molecule has 2 N–H and O–H groups in total. The summed E-state index contributed by atoms with van der Waals surface area (Å²) >= 11 is 6.41. The Morgan fingerprint density at radius 2 is 2.04 bits per heavy atom. The highest BCUT2D eigenvalue weighted by atomic mass is 35.5. The van der Waals surface area contributed by atoms with Crippen LogP contribution in [-0.4, -0.2) is 22.4 Å². The molecule has 2 aromatic rings. The van der Waals surface area contributed by atoms with Crippen LogP contribution in [0, 0.1) is 0 Å². The van der Waals surface area contributed by atoms with Crippen molar-refractivity contribution in [3.63, 3.8) is 0 Å². The number of methoxy groups -OCH3 is 1. The van der Waals surface area contributed by atoms with Gasteiger partial charge in [-0.25, -0.2) is 9.69 Å². The standard InChI is InChI=1S/C16H15ClN2O4S/c1-23-12-7-8-13-15(16(12)17)11(9-14(20)18-21)19(24(13)22)10-5-3-2-4-6-10/h2-8,11,21H,9H2,1H3,(H,18,20). The number of anilines is 1. The number of carbonyl (C=O) groups excluding carboxylic acids is 1. The number of halogens is 1. The minimum absolute atomic E-state index is 0.100. The molecule has 0 bridgehead atoms. The lowest BCUT2D eigenvalue weighted by Gasteiger charge is -2.25. The van der Waals surface area contributed by atoms with Gasteiger partial charge in [-0.2, -0.15) is 0 Å². The van der Waals surface area contributed by atoms with Crippen molar-refractivity contribution in [1.82, 2.24) is 5.48 Å². The molecule has 1 heterocycles. The highest BCUT2D eigenvalue weighted by Crippen LogP contribution is 2.47. The molecule has 8 heteroatoms. The van der Waals surface area contributed by atoms with Gasteiger partial charge in [-0.05, 0) is 24.3 Å². The van der Waals surface area contributed by atoms with Gasteiger partial charge in [-0.1, -0.05) is 29.8 Å². The Kier molecular flexibility index (Phi) is 4.75. The van der Waals surface area contributed by atoms with Crippen LogP contribution in [0.2, 0.25) is 5.02 Å². The van der Waals surface area contributed by atoms with Gasteiger partial charge < -0.3 is 4.74 Å². The molecule has 1 amide bonds. The number of carbonyl (C=O) groups is 1. The number of benzene rings is 2. The van der Waals surface area contributed by atoms with Crippen molar-refractivity contribution in [2.75, 3.05) is 11.4 Å². The highest BCUT2D eigenvalue weighted by Gasteiger charge is 2.40. The number of fused-ring (bicyclic) bond motifs is 1. The molecule has 0 aromatic heterocycles. The molecule has 24 heavy (non-hydrogen) atoms. The fourth-order valence-electron chi connectivity index (χ4n) is 2.77. The van der Waals surface area contributed by atoms with Crippen LogP contribution in [0.1, 0.15) is 18.0 Å². The highest BCUT2D eigenvalue weighted by molar-refractivity contribution is 7.87. The fraction of sp³-hybridized carbons (Fsp3) is 0.188. The Morgan fingerprint density at radius 3 is 2.67 bits per heavy atom. The largest absolute Gasteiger partial charge is 0.495 e. The summed E-state index contributed by atoms with van der Waals surface area (Å²) in [7, 11) is -0.0339. The van der Waals surface area contributed by atoms with Crippen molar-refractivity contribution in [2.24, 2.45) is 0 Å². The molecule has 0 spiro atoms. The van der Waals surface area contributed by atoms with Crippen molar-refractivity contribution < 1.29 is 18.9 Å². The minimum atomic E-state index is -1.52. The third-order valence-electron chi connectivity index (χ3n) is 3.82. The molecule has 1 aliphatic rings. The minimum Gasteiger partial charge on any atom is -0.495 e. The summed E-state index contributed by atoms with van der Waals surface area (Å²) in [6.45, 7) is 0. The Labute approximate surface area is 146 Å². The number of nitrogens with one attached hydrogen (secondary N) is 1. The number of rotatable bonds is 4. The lowest BCUT2D eigenvalue weighted by molar-refractivity contribution is -0.129. The van der Waals surface area contributed by atoms with E-state index in [1.165, 1.54) is 7.11 Å². The van der Waals surface area contributed by atoms with E-state index >= 15 is 0 Å². The number of para-hydroxylation sites is 1. The van der Waals surface area contributed by atoms with Crippen molar-refractivity contribution in [2.45, 2.75) is 17.4 Å². The summed E-state index contributed by atoms with van der Waals surface area (Å²) in [5.41, 5.74) is 2.88. The van der Waals surface area contributed by atoms with Gasteiger partial charge in [0.25, 0.3) is 0 Å². The average Bonchev–Trinajstić information content (AvgIpc) is 2.88. The van der Waals surface area contributed by atoms with E-state index in [0.29, 0.717) is 26.9 Å². The smallest absolute Gasteiger partial charge is 0.245 e. The lowest BCUT2D eigenvalue weighted by atomic mass is 10.0. The van der Waals surface area contributed by atoms with Gasteiger partial charge in [0.15, 0.2) is 11.0 Å². The van der Waals surface area contributed by atoms with Crippen LogP contribution >= 0.6 is 11.6 Å². The van der Waals surface area contributed by atoms with E-state index in [2.05, 4.69) is 0 Å². The first-order valence-corrected chi connectivity index (χ1v) is 8.62. The molecular formula is C16H15ClN2O4S. The predicted molar refractivity (Wildman–Crippen MR) is 90.6 cm³/mol. The molecule has 0 aliphatic carbocycles. The van der Waals surface area contributed by atoms with E-state index in [1.54, 1.807) is 34.1 Å². The van der Waals surface area contributed by atoms with E-state index in [1.807, 2.05) is 18.2 Å². The van der Waals surface area contributed by atoms with Crippen molar-refractivity contribution in [3.8, 4) is 5.75 Å². The molecule has 3 rings (SSSR count). The zero-order valence-corrected chi connectivity index (χ0v) is 14.3. The maximum absolute atomic E-state index is 13.0. The predicted octanol–water partition coefficient (Wildman–Crippen LogP) is 2.83. The summed E-state index contributed by atoms with van der Waals surface area (Å²) in [4.78, 5) is 12.3. The second-order valence-electron chi connectivity index (χ2n) is 5.16. The molecule has 2 aromatic carbocycles. The van der Waals surface area contributed by atoms with Crippen molar-refractivity contribution in [1.29, 1.82) is 0 Å². The van der Waals surface area contributed by atoms with E-state index in [9.17, 15) is 9.00 Å². The van der Waals surface area contributed by atoms with Crippen LogP contribution in [0.5, 0.6) is 5.75 Å². The van der Waals surface area contributed by atoms with Crippen LogP contribution in [0.15, 0.2) is 47.4 Å². The molecule has 0 saturated carbocycles. The number of hydroxylamine groups is 1. The summed E-state index contributed by atoms with van der Waals surface area (Å²) in [6.07, 6.45) is -0.100. The van der Waals surface area contributed by atoms with Crippen LogP contribution in [-0.2, 0) is 15.8 Å². The van der Waals surface area contributed by atoms with E-state index in [0.717, 1.165) is 0 Å². The lowest BCUT2D eigenvalue weighted by Crippen LogP contribution is -2.29. The first kappa shape index (κ1) is 16.8. The number of nitrogens with zero attached hydrogens (tertiary/aromatic N) is 1. The Morgan fingerprint density at radius 1 is 1.33 bits per heavy atom. The van der Waals surface area contributed by atoms with Crippen LogP contribution in [0.4, 0.5) is 5.69 Å². The molecular weight excluding hydrogens is 352 g/mol. The number of amides is 1.